The fourth-order valence-electron chi connectivity index (χ4n) is 1.93. The molecule has 6 heteroatoms. The van der Waals surface area contributed by atoms with Gasteiger partial charge < -0.3 is 14.6 Å². The summed E-state index contributed by atoms with van der Waals surface area (Å²) < 4.78 is 33.1. The van der Waals surface area contributed by atoms with Gasteiger partial charge in [0.2, 0.25) is 6.79 Å². The van der Waals surface area contributed by atoms with Crippen LogP contribution in [0.5, 0.6) is 11.5 Å². The minimum atomic E-state index is -2.96. The van der Waals surface area contributed by atoms with Crippen molar-refractivity contribution in [2.24, 2.45) is 0 Å². The van der Waals surface area contributed by atoms with Gasteiger partial charge in [-0.25, -0.2) is 8.42 Å². The molecular weight excluding hydrogens is 268 g/mol. The van der Waals surface area contributed by atoms with Crippen molar-refractivity contribution in [2.75, 3.05) is 18.3 Å². The molecule has 0 saturated carbocycles. The van der Waals surface area contributed by atoms with Gasteiger partial charge in [0.1, 0.15) is 9.84 Å². The van der Waals surface area contributed by atoms with Crippen molar-refractivity contribution in [3.05, 3.63) is 23.8 Å². The Morgan fingerprint density at radius 3 is 2.79 bits per heavy atom. The van der Waals surface area contributed by atoms with Gasteiger partial charge >= 0.3 is 0 Å². The van der Waals surface area contributed by atoms with Crippen LogP contribution in [0.4, 0.5) is 0 Å². The van der Waals surface area contributed by atoms with E-state index >= 15 is 0 Å². The summed E-state index contributed by atoms with van der Waals surface area (Å²) in [6, 6.07) is 5.26. The quantitative estimate of drug-likeness (QED) is 0.861. The second-order valence-corrected chi connectivity index (χ2v) is 6.98. The van der Waals surface area contributed by atoms with Gasteiger partial charge in [-0.05, 0) is 30.5 Å². The number of hydrogen-bond donors (Lipinski definition) is 1. The largest absolute Gasteiger partial charge is 0.454 e. The SMILES string of the molecule is CCS(=O)(=O)CCCC(O)c1ccc2c(c1)OCO2. The van der Waals surface area contributed by atoms with Crippen LogP contribution >= 0.6 is 0 Å². The molecule has 1 aromatic carbocycles. The van der Waals surface area contributed by atoms with Crippen LogP contribution in [-0.4, -0.2) is 31.8 Å². The second-order valence-electron chi connectivity index (χ2n) is 4.51. The highest BCUT2D eigenvalue weighted by Crippen LogP contribution is 2.34. The molecule has 1 aromatic rings. The highest BCUT2D eigenvalue weighted by Gasteiger charge is 2.17. The molecule has 0 saturated heterocycles. The third-order valence-electron chi connectivity index (χ3n) is 3.15. The van der Waals surface area contributed by atoms with Crippen LogP contribution in [0.15, 0.2) is 18.2 Å². The summed E-state index contributed by atoms with van der Waals surface area (Å²) in [6.07, 6.45) is 0.187. The van der Waals surface area contributed by atoms with E-state index in [-0.39, 0.29) is 18.3 Å². The van der Waals surface area contributed by atoms with Gasteiger partial charge in [0.15, 0.2) is 11.5 Å². The predicted octanol–water partition coefficient (Wildman–Crippen LogP) is 1.66. The number of benzene rings is 1. The highest BCUT2D eigenvalue weighted by molar-refractivity contribution is 7.91. The van der Waals surface area contributed by atoms with E-state index in [0.717, 1.165) is 5.56 Å². The predicted molar refractivity (Wildman–Crippen MR) is 71.1 cm³/mol. The van der Waals surface area contributed by atoms with Gasteiger partial charge in [-0.3, -0.25) is 0 Å². The van der Waals surface area contributed by atoms with Gasteiger partial charge in [-0.15, -0.1) is 0 Å². The Hall–Kier alpha value is -1.27. The van der Waals surface area contributed by atoms with E-state index in [1.165, 1.54) is 0 Å². The lowest BCUT2D eigenvalue weighted by Gasteiger charge is -2.11. The number of rotatable bonds is 6. The third kappa shape index (κ3) is 3.61. The summed E-state index contributed by atoms with van der Waals surface area (Å²) in [5.41, 5.74) is 0.721. The Morgan fingerprint density at radius 1 is 1.32 bits per heavy atom. The van der Waals surface area contributed by atoms with Crippen molar-refractivity contribution < 1.29 is 23.0 Å². The molecule has 1 aliphatic heterocycles. The first-order valence-corrected chi connectivity index (χ1v) is 8.12. The molecule has 1 N–H and O–H groups in total. The molecule has 0 radical (unpaired) electrons. The van der Waals surface area contributed by atoms with Crippen molar-refractivity contribution in [1.29, 1.82) is 0 Å². The minimum absolute atomic E-state index is 0.116. The third-order valence-corrected chi connectivity index (χ3v) is 4.94. The smallest absolute Gasteiger partial charge is 0.231 e. The molecule has 0 amide bonds. The fourth-order valence-corrected chi connectivity index (χ4v) is 2.82. The lowest BCUT2D eigenvalue weighted by Crippen LogP contribution is -2.10. The molecule has 2 rings (SSSR count). The van der Waals surface area contributed by atoms with Crippen LogP contribution in [0.1, 0.15) is 31.4 Å². The summed E-state index contributed by atoms with van der Waals surface area (Å²) in [4.78, 5) is 0. The summed E-state index contributed by atoms with van der Waals surface area (Å²) in [5, 5.41) is 10.0. The number of ether oxygens (including phenoxy) is 2. The Kier molecular flexibility index (Phi) is 4.31. The zero-order chi connectivity index (χ0) is 13.9. The van der Waals surface area contributed by atoms with Gasteiger partial charge in [0.05, 0.1) is 11.9 Å². The summed E-state index contributed by atoms with van der Waals surface area (Å²) >= 11 is 0. The normalized spacial score (nSPS) is 15.5. The molecule has 1 atom stereocenters. The Labute approximate surface area is 113 Å². The van der Waals surface area contributed by atoms with Crippen molar-refractivity contribution in [1.82, 2.24) is 0 Å². The first-order chi connectivity index (χ1) is 9.02. The second kappa shape index (κ2) is 5.79. The van der Waals surface area contributed by atoms with E-state index < -0.39 is 15.9 Å². The average Bonchev–Trinajstić information content (AvgIpc) is 2.85. The lowest BCUT2D eigenvalue weighted by molar-refractivity contribution is 0.165. The van der Waals surface area contributed by atoms with Gasteiger partial charge in [0, 0.05) is 5.75 Å². The van der Waals surface area contributed by atoms with Crippen LogP contribution in [0.25, 0.3) is 0 Å². The van der Waals surface area contributed by atoms with Crippen LogP contribution in [-0.2, 0) is 9.84 Å². The van der Waals surface area contributed by atoms with E-state index in [2.05, 4.69) is 0 Å². The van der Waals surface area contributed by atoms with Crippen LogP contribution < -0.4 is 9.47 Å². The summed E-state index contributed by atoms with van der Waals surface area (Å²) in [6.45, 7) is 1.83. The van der Waals surface area contributed by atoms with Crippen molar-refractivity contribution in [3.8, 4) is 11.5 Å². The van der Waals surface area contributed by atoms with Crippen molar-refractivity contribution >= 4 is 9.84 Å². The standard InChI is InChI=1S/C13H18O5S/c1-2-19(15,16)7-3-4-11(14)10-5-6-12-13(8-10)18-9-17-12/h5-6,8,11,14H,2-4,7,9H2,1H3. The zero-order valence-corrected chi connectivity index (χ0v) is 11.6. The molecule has 0 aromatic heterocycles. The highest BCUT2D eigenvalue weighted by atomic mass is 32.2. The Balaban J connectivity index is 1.91. The molecule has 5 nitrogen and oxygen atoms in total. The number of aliphatic hydroxyl groups excluding tert-OH is 1. The molecule has 1 aliphatic rings. The number of fused-ring (bicyclic) bond motifs is 1. The van der Waals surface area contributed by atoms with Crippen LogP contribution in [0.2, 0.25) is 0 Å². The van der Waals surface area contributed by atoms with E-state index in [1.807, 2.05) is 0 Å². The topological polar surface area (TPSA) is 72.8 Å². The monoisotopic (exact) mass is 286 g/mol. The van der Waals surface area contributed by atoms with Crippen molar-refractivity contribution in [2.45, 2.75) is 25.9 Å². The van der Waals surface area contributed by atoms with E-state index in [0.29, 0.717) is 24.3 Å². The van der Waals surface area contributed by atoms with Crippen LogP contribution in [0, 0.1) is 0 Å². The summed E-state index contributed by atoms with van der Waals surface area (Å²) in [7, 11) is -2.96. The number of hydrogen-bond acceptors (Lipinski definition) is 5. The van der Waals surface area contributed by atoms with Crippen molar-refractivity contribution in [3.63, 3.8) is 0 Å². The molecule has 0 spiro atoms. The molecule has 1 heterocycles. The molecule has 19 heavy (non-hydrogen) atoms. The van der Waals surface area contributed by atoms with Gasteiger partial charge in [-0.1, -0.05) is 13.0 Å². The van der Waals surface area contributed by atoms with Gasteiger partial charge in [0.25, 0.3) is 0 Å². The van der Waals surface area contributed by atoms with E-state index in [4.69, 9.17) is 9.47 Å². The van der Waals surface area contributed by atoms with Gasteiger partial charge in [-0.2, -0.15) is 0 Å². The molecule has 0 bridgehead atoms. The maximum Gasteiger partial charge on any atom is 0.231 e. The molecule has 0 fully saturated rings. The van der Waals surface area contributed by atoms with Crippen LogP contribution in [0.3, 0.4) is 0 Å². The fraction of sp³-hybridized carbons (Fsp3) is 0.538. The zero-order valence-electron chi connectivity index (χ0n) is 10.8. The maximum atomic E-state index is 11.4. The number of aliphatic hydroxyl groups is 1. The van der Waals surface area contributed by atoms with E-state index in [9.17, 15) is 13.5 Å². The molecule has 0 aliphatic carbocycles. The molecular formula is C13H18O5S. The lowest BCUT2D eigenvalue weighted by atomic mass is 10.0. The van der Waals surface area contributed by atoms with E-state index in [1.54, 1.807) is 25.1 Å². The number of sulfone groups is 1. The summed E-state index contributed by atoms with van der Waals surface area (Å²) in [5.74, 6) is 1.56. The molecule has 1 unspecified atom stereocenters. The Bertz CT molecular complexity index is 538. The Morgan fingerprint density at radius 2 is 2.05 bits per heavy atom. The first-order valence-electron chi connectivity index (χ1n) is 6.30. The molecule has 106 valence electrons. The first kappa shape index (κ1) is 14.1. The maximum absolute atomic E-state index is 11.4. The minimum Gasteiger partial charge on any atom is -0.454 e. The average molecular weight is 286 g/mol.